The molecule has 162 valence electrons. The Morgan fingerprint density at radius 3 is 2.60 bits per heavy atom. The van der Waals surface area contributed by atoms with Gasteiger partial charge in [0.1, 0.15) is 5.75 Å². The Bertz CT molecular complexity index is 972. The van der Waals surface area contributed by atoms with Gasteiger partial charge in [0.2, 0.25) is 0 Å². The molecule has 1 saturated carbocycles. The van der Waals surface area contributed by atoms with E-state index in [1.807, 2.05) is 18.0 Å². The molecular weight excluding hydrogens is 380 g/mol. The van der Waals surface area contributed by atoms with E-state index in [-0.39, 0.29) is 30.1 Å². The van der Waals surface area contributed by atoms with Crippen molar-refractivity contribution in [3.63, 3.8) is 0 Å². The van der Waals surface area contributed by atoms with Gasteiger partial charge in [-0.05, 0) is 37.6 Å². The second-order valence-corrected chi connectivity index (χ2v) is 9.41. The molecule has 2 N–H and O–H groups in total. The number of carbonyl (C=O) groups excluding carboxylic acids is 1. The van der Waals surface area contributed by atoms with Crippen molar-refractivity contribution in [1.29, 1.82) is 0 Å². The van der Waals surface area contributed by atoms with Crippen LogP contribution >= 0.6 is 0 Å². The number of amides is 2. The molecular formula is C23H32N4O3. The number of ether oxygens (including phenoxy) is 1. The first kappa shape index (κ1) is 19.7. The number of aryl methyl sites for hydroxylation is 1. The lowest BCUT2D eigenvalue weighted by atomic mass is 9.69. The van der Waals surface area contributed by atoms with Crippen molar-refractivity contribution in [3.05, 3.63) is 29.5 Å². The number of hydrogen-bond donors (Lipinski definition) is 2. The average molecular weight is 413 g/mol. The number of aliphatic hydroxyl groups is 1. The molecule has 2 amide bonds. The zero-order valence-electron chi connectivity index (χ0n) is 18.1. The second-order valence-electron chi connectivity index (χ2n) is 9.41. The Labute approximate surface area is 177 Å². The summed E-state index contributed by atoms with van der Waals surface area (Å²) in [5.41, 5.74) is 3.34. The lowest BCUT2D eigenvalue weighted by Gasteiger charge is -2.55. The molecule has 30 heavy (non-hydrogen) atoms. The van der Waals surface area contributed by atoms with E-state index < -0.39 is 0 Å². The highest BCUT2D eigenvalue weighted by molar-refractivity contribution is 5.90. The van der Waals surface area contributed by atoms with E-state index in [2.05, 4.69) is 34.0 Å². The van der Waals surface area contributed by atoms with Gasteiger partial charge in [0.15, 0.2) is 0 Å². The van der Waals surface area contributed by atoms with Gasteiger partial charge in [0.25, 0.3) is 0 Å². The maximum absolute atomic E-state index is 13.3. The van der Waals surface area contributed by atoms with Crippen LogP contribution in [0.5, 0.6) is 5.75 Å². The minimum atomic E-state index is -0.346. The molecule has 1 saturated heterocycles. The second kappa shape index (κ2) is 7.17. The molecule has 1 aromatic carbocycles. The fourth-order valence-electron chi connectivity index (χ4n) is 6.14. The van der Waals surface area contributed by atoms with E-state index in [1.54, 1.807) is 7.11 Å². The molecule has 0 unspecified atom stereocenters. The van der Waals surface area contributed by atoms with Crippen LogP contribution in [0.3, 0.4) is 0 Å². The van der Waals surface area contributed by atoms with E-state index in [1.165, 1.54) is 23.8 Å². The number of carbonyl (C=O) groups is 1. The third-order valence-electron chi connectivity index (χ3n) is 7.41. The third-order valence-corrected chi connectivity index (χ3v) is 7.41. The number of nitrogens with zero attached hydrogens (tertiary/aromatic N) is 3. The summed E-state index contributed by atoms with van der Waals surface area (Å²) in [7, 11) is 5.84. The first-order valence-electron chi connectivity index (χ1n) is 11.0. The zero-order valence-corrected chi connectivity index (χ0v) is 18.1. The number of likely N-dealkylation sites (tertiary alicyclic amines) is 1. The number of nitrogens with one attached hydrogen (secondary N) is 1. The minimum Gasteiger partial charge on any atom is -0.497 e. The van der Waals surface area contributed by atoms with Gasteiger partial charge in [0.05, 0.1) is 25.3 Å². The summed E-state index contributed by atoms with van der Waals surface area (Å²) < 4.78 is 7.62. The number of benzene rings is 1. The Balaban J connectivity index is 1.62. The Kier molecular flexibility index (Phi) is 4.71. The molecule has 7 nitrogen and oxygen atoms in total. The highest BCUT2D eigenvalue weighted by atomic mass is 16.5. The largest absolute Gasteiger partial charge is 0.497 e. The molecule has 2 fully saturated rings. The Morgan fingerprint density at radius 1 is 1.23 bits per heavy atom. The van der Waals surface area contributed by atoms with Crippen LogP contribution in [0.4, 0.5) is 4.79 Å². The van der Waals surface area contributed by atoms with Gasteiger partial charge >= 0.3 is 6.03 Å². The molecule has 3 heterocycles. The fraction of sp³-hybridized carbons (Fsp3) is 0.609. The maximum Gasteiger partial charge on any atom is 0.318 e. The van der Waals surface area contributed by atoms with Crippen molar-refractivity contribution in [2.45, 2.75) is 43.2 Å². The fourth-order valence-corrected chi connectivity index (χ4v) is 6.14. The predicted molar refractivity (Wildman–Crippen MR) is 116 cm³/mol. The minimum absolute atomic E-state index is 0.0386. The first-order chi connectivity index (χ1) is 14.5. The summed E-state index contributed by atoms with van der Waals surface area (Å²) in [4.78, 5) is 17.5. The van der Waals surface area contributed by atoms with Crippen molar-refractivity contribution in [3.8, 4) is 5.75 Å². The number of aliphatic hydroxyl groups excluding tert-OH is 1. The van der Waals surface area contributed by atoms with Crippen LogP contribution in [0.2, 0.25) is 0 Å². The van der Waals surface area contributed by atoms with Crippen molar-refractivity contribution in [2.75, 3.05) is 40.4 Å². The van der Waals surface area contributed by atoms with Crippen molar-refractivity contribution >= 4 is 16.9 Å². The number of methoxy groups -OCH3 is 1. The van der Waals surface area contributed by atoms with Gasteiger partial charge in [-0.15, -0.1) is 0 Å². The summed E-state index contributed by atoms with van der Waals surface area (Å²) in [5, 5.41) is 14.9. The van der Waals surface area contributed by atoms with Gasteiger partial charge in [-0.25, -0.2) is 4.79 Å². The smallest absolute Gasteiger partial charge is 0.318 e. The van der Waals surface area contributed by atoms with Crippen LogP contribution in [-0.2, 0) is 12.5 Å². The van der Waals surface area contributed by atoms with Crippen molar-refractivity contribution in [2.24, 2.45) is 7.05 Å². The lowest BCUT2D eigenvalue weighted by molar-refractivity contribution is 0.0239. The van der Waals surface area contributed by atoms with Crippen LogP contribution in [0.15, 0.2) is 18.2 Å². The monoisotopic (exact) mass is 412 g/mol. The standard InChI is InChI=1S/C23H32N4O3/c1-25-12-23(13-25)14-27(22(29)24-15-6-4-5-7-15)19(11-28)21-20(23)17-9-8-16(30-3)10-18(17)26(21)2/h8-10,15,19,28H,4-7,11-14H2,1-3H3,(H,24,29)/t19-/m0/s1. The molecule has 0 bridgehead atoms. The number of aromatic nitrogens is 1. The van der Waals surface area contributed by atoms with Crippen LogP contribution < -0.4 is 10.1 Å². The van der Waals surface area contributed by atoms with E-state index in [9.17, 15) is 9.90 Å². The van der Waals surface area contributed by atoms with Crippen molar-refractivity contribution in [1.82, 2.24) is 19.7 Å². The van der Waals surface area contributed by atoms with Crippen LogP contribution in [0.25, 0.3) is 10.9 Å². The topological polar surface area (TPSA) is 70.0 Å². The van der Waals surface area contributed by atoms with Gasteiger partial charge < -0.3 is 29.5 Å². The van der Waals surface area contributed by atoms with Gasteiger partial charge in [-0.3, -0.25) is 0 Å². The van der Waals surface area contributed by atoms with Crippen molar-refractivity contribution < 1.29 is 14.6 Å². The predicted octanol–water partition coefficient (Wildman–Crippen LogP) is 2.37. The molecule has 3 aliphatic rings. The van der Waals surface area contributed by atoms with Crippen LogP contribution in [0.1, 0.15) is 43.0 Å². The van der Waals surface area contributed by atoms with Crippen LogP contribution in [0, 0.1) is 0 Å². The average Bonchev–Trinajstić information content (AvgIpc) is 3.33. The van der Waals surface area contributed by atoms with E-state index >= 15 is 0 Å². The summed E-state index contributed by atoms with van der Waals surface area (Å²) >= 11 is 0. The molecule has 5 rings (SSSR count). The molecule has 1 aliphatic carbocycles. The highest BCUT2D eigenvalue weighted by Gasteiger charge is 2.53. The number of fused-ring (bicyclic) bond motifs is 4. The normalized spacial score (nSPS) is 23.6. The molecule has 1 spiro atoms. The number of hydrogen-bond acceptors (Lipinski definition) is 4. The quantitative estimate of drug-likeness (QED) is 0.812. The molecule has 1 atom stereocenters. The summed E-state index contributed by atoms with van der Waals surface area (Å²) in [6.07, 6.45) is 4.46. The lowest BCUT2D eigenvalue weighted by Crippen LogP contribution is -2.67. The molecule has 2 aromatic rings. The highest BCUT2D eigenvalue weighted by Crippen LogP contribution is 2.49. The van der Waals surface area contributed by atoms with E-state index in [0.29, 0.717) is 6.54 Å². The zero-order chi connectivity index (χ0) is 21.0. The Hall–Kier alpha value is -2.25. The molecule has 1 aromatic heterocycles. The summed E-state index contributed by atoms with van der Waals surface area (Å²) in [6.45, 7) is 2.38. The molecule has 7 heteroatoms. The SMILES string of the molecule is COc1ccc2c3c(n(C)c2c1)[C@H](CO)N(C(=O)NC1CCCC1)CC31CN(C)C1. The first-order valence-corrected chi connectivity index (χ1v) is 11.0. The number of rotatable bonds is 3. The number of urea groups is 1. The maximum atomic E-state index is 13.3. The third kappa shape index (κ3) is 2.82. The Morgan fingerprint density at radius 2 is 1.97 bits per heavy atom. The number of likely N-dealkylation sites (N-methyl/N-ethyl adjacent to an activating group) is 1. The van der Waals surface area contributed by atoms with Gasteiger partial charge in [-0.2, -0.15) is 0 Å². The van der Waals surface area contributed by atoms with Gasteiger partial charge in [-0.1, -0.05) is 12.8 Å². The molecule has 2 aliphatic heterocycles. The summed E-state index contributed by atoms with van der Waals surface area (Å²) in [6, 6.07) is 6.07. The van der Waals surface area contributed by atoms with E-state index in [4.69, 9.17) is 4.74 Å². The van der Waals surface area contributed by atoms with Crippen LogP contribution in [-0.4, -0.2) is 71.9 Å². The van der Waals surface area contributed by atoms with E-state index in [0.717, 1.165) is 42.9 Å². The molecule has 0 radical (unpaired) electrons. The summed E-state index contributed by atoms with van der Waals surface area (Å²) in [5.74, 6) is 0.816. The van der Waals surface area contributed by atoms with Gasteiger partial charge in [0, 0.05) is 55.3 Å².